The van der Waals surface area contributed by atoms with Gasteiger partial charge in [-0.15, -0.1) is 0 Å². The van der Waals surface area contributed by atoms with Gasteiger partial charge in [0.05, 0.1) is 0 Å². The molecule has 0 aliphatic rings. The van der Waals surface area contributed by atoms with Crippen molar-refractivity contribution >= 4 is 16.2 Å². The smallest absolute Gasteiger partial charge is 0.313 e. The van der Waals surface area contributed by atoms with Crippen molar-refractivity contribution in [3.63, 3.8) is 0 Å². The molecule has 0 fully saturated rings. The molecule has 0 aromatic carbocycles. The van der Waals surface area contributed by atoms with Gasteiger partial charge in [0.1, 0.15) is 0 Å². The molecule has 6 N–H and O–H groups in total. The number of nitrogens with one attached hydrogen (secondary N) is 6. The van der Waals surface area contributed by atoms with E-state index in [1.54, 1.807) is 0 Å². The van der Waals surface area contributed by atoms with Crippen molar-refractivity contribution in [2.75, 3.05) is 39.3 Å². The Labute approximate surface area is 127 Å². The molecule has 0 atom stereocenters. The van der Waals surface area contributed by atoms with Crippen molar-refractivity contribution < 1.29 is 0 Å². The van der Waals surface area contributed by atoms with Gasteiger partial charge in [-0.3, -0.25) is 0 Å². The minimum Gasteiger partial charge on any atom is -0.313 e. The van der Waals surface area contributed by atoms with Crippen molar-refractivity contribution in [3.05, 3.63) is 0 Å². The fourth-order valence-corrected chi connectivity index (χ4v) is 16.2. The molecule has 0 rings (SSSR count). The second kappa shape index (κ2) is 10.9. The average Bonchev–Trinajstić information content (AvgIpc) is 2.40. The van der Waals surface area contributed by atoms with Crippen LogP contribution >= 0.6 is 0 Å². The third kappa shape index (κ3) is 4.88. The van der Waals surface area contributed by atoms with Gasteiger partial charge in [-0.25, -0.2) is 0 Å². The first kappa shape index (κ1) is 20.2. The minimum absolute atomic E-state index is 0.961. The summed E-state index contributed by atoms with van der Waals surface area (Å²) >= 11 is 0. The zero-order chi connectivity index (χ0) is 15.5. The topological polar surface area (TPSA) is 72.2 Å². The molecule has 0 radical (unpaired) electrons. The standard InChI is InChI=1S/C12H36N6Si2/c1-7-13-19(14-8-2,15-9-3)20(16-10-4,17-11-5)18-12-6/h13-18H,7-12H2,1-6H3. The van der Waals surface area contributed by atoms with E-state index in [1.165, 1.54) is 0 Å². The van der Waals surface area contributed by atoms with Crippen LogP contribution in [0, 0.1) is 0 Å². The summed E-state index contributed by atoms with van der Waals surface area (Å²) < 4.78 is 0. The normalized spacial score (nSPS) is 12.9. The van der Waals surface area contributed by atoms with Gasteiger partial charge in [-0.2, -0.15) is 0 Å². The van der Waals surface area contributed by atoms with Crippen molar-refractivity contribution in [2.24, 2.45) is 0 Å². The molecular formula is C12H36N6Si2. The van der Waals surface area contributed by atoms with Crippen LogP contribution in [0.2, 0.25) is 0 Å². The van der Waals surface area contributed by atoms with Crippen LogP contribution in [-0.4, -0.2) is 55.4 Å². The van der Waals surface area contributed by atoms with Crippen LogP contribution < -0.4 is 29.9 Å². The van der Waals surface area contributed by atoms with Gasteiger partial charge in [0.25, 0.3) is 0 Å². The molecule has 0 amide bonds. The number of hydrogen-bond acceptors (Lipinski definition) is 6. The number of hydrogen-bond donors (Lipinski definition) is 6. The quantitative estimate of drug-likeness (QED) is 0.260. The summed E-state index contributed by atoms with van der Waals surface area (Å²) in [6, 6.07) is 0. The van der Waals surface area contributed by atoms with Gasteiger partial charge in [-0.1, -0.05) is 41.5 Å². The Morgan fingerprint density at radius 2 is 0.550 bits per heavy atom. The van der Waals surface area contributed by atoms with E-state index >= 15 is 0 Å². The monoisotopic (exact) mass is 320 g/mol. The largest absolute Gasteiger partial charge is 0.319 e. The molecule has 0 unspecified atom stereocenters. The number of rotatable bonds is 13. The van der Waals surface area contributed by atoms with E-state index in [-0.39, 0.29) is 0 Å². The van der Waals surface area contributed by atoms with Crippen molar-refractivity contribution in [1.82, 2.24) is 29.9 Å². The van der Waals surface area contributed by atoms with Crippen molar-refractivity contribution in [3.8, 4) is 0 Å². The molecule has 8 heteroatoms. The fourth-order valence-electron chi connectivity index (χ4n) is 2.76. The molecule has 0 saturated heterocycles. The Hall–Kier alpha value is 0.194. The Kier molecular flexibility index (Phi) is 11.0. The minimum atomic E-state index is -2.08. The maximum absolute atomic E-state index is 3.78. The molecular weight excluding hydrogens is 284 g/mol. The van der Waals surface area contributed by atoms with Crippen LogP contribution in [0.3, 0.4) is 0 Å². The fraction of sp³-hybridized carbons (Fsp3) is 1.00. The highest BCUT2D eigenvalue weighted by atomic mass is 29.3. The van der Waals surface area contributed by atoms with Gasteiger partial charge in [0, 0.05) is 0 Å². The van der Waals surface area contributed by atoms with E-state index in [0.29, 0.717) is 0 Å². The highest BCUT2D eigenvalue weighted by molar-refractivity contribution is 7.36. The molecule has 20 heavy (non-hydrogen) atoms. The van der Waals surface area contributed by atoms with Crippen molar-refractivity contribution in [2.45, 2.75) is 41.5 Å². The third-order valence-corrected chi connectivity index (χ3v) is 16.2. The molecule has 0 bridgehead atoms. The molecule has 0 aromatic rings. The summed E-state index contributed by atoms with van der Waals surface area (Å²) in [4.78, 5) is 22.7. The summed E-state index contributed by atoms with van der Waals surface area (Å²) in [5.41, 5.74) is 0. The molecule has 0 heterocycles. The predicted octanol–water partition coefficient (Wildman–Crippen LogP) is -0.400. The highest BCUT2D eigenvalue weighted by Gasteiger charge is 2.57. The van der Waals surface area contributed by atoms with Gasteiger partial charge in [0.15, 0.2) is 0 Å². The lowest BCUT2D eigenvalue weighted by atomic mass is 10.8. The summed E-state index contributed by atoms with van der Waals surface area (Å²) in [7, 11) is -4.17. The zero-order valence-corrected chi connectivity index (χ0v) is 16.2. The average molecular weight is 321 g/mol. The molecule has 6 nitrogen and oxygen atoms in total. The SMILES string of the molecule is CCN[Si](NCC)(NCC)[Si](NCC)(NCC)NCC. The maximum atomic E-state index is 3.78. The van der Waals surface area contributed by atoms with Crippen LogP contribution in [-0.2, 0) is 0 Å². The summed E-state index contributed by atoms with van der Waals surface area (Å²) in [6.07, 6.45) is 0. The van der Waals surface area contributed by atoms with E-state index in [2.05, 4.69) is 71.4 Å². The Balaban J connectivity index is 5.62. The van der Waals surface area contributed by atoms with Crippen LogP contribution in [0.1, 0.15) is 41.5 Å². The van der Waals surface area contributed by atoms with E-state index in [4.69, 9.17) is 0 Å². The van der Waals surface area contributed by atoms with Gasteiger partial charge < -0.3 is 29.9 Å². The molecule has 0 saturated carbocycles. The predicted molar refractivity (Wildman–Crippen MR) is 93.6 cm³/mol. The van der Waals surface area contributed by atoms with Gasteiger partial charge in [0.2, 0.25) is 0 Å². The maximum Gasteiger partial charge on any atom is 0.319 e. The first-order valence-corrected chi connectivity index (χ1v) is 13.1. The molecule has 0 aromatic heterocycles. The first-order valence-electron chi connectivity index (χ1n) is 8.11. The van der Waals surface area contributed by atoms with E-state index in [9.17, 15) is 0 Å². The molecule has 0 aliphatic heterocycles. The first-order chi connectivity index (χ1) is 9.61. The summed E-state index contributed by atoms with van der Waals surface area (Å²) in [6.45, 7) is 18.8. The second-order valence-electron chi connectivity index (χ2n) is 4.68. The Bertz CT molecular complexity index is 184. The lowest BCUT2D eigenvalue weighted by Gasteiger charge is -2.47. The lowest BCUT2D eigenvalue weighted by Crippen LogP contribution is -2.98. The van der Waals surface area contributed by atoms with Crippen LogP contribution in [0.4, 0.5) is 0 Å². The third-order valence-electron chi connectivity index (χ3n) is 3.21. The second-order valence-corrected chi connectivity index (χ2v) is 14.3. The van der Waals surface area contributed by atoms with Crippen molar-refractivity contribution in [1.29, 1.82) is 0 Å². The Morgan fingerprint density at radius 3 is 0.650 bits per heavy atom. The van der Waals surface area contributed by atoms with Crippen LogP contribution in [0.25, 0.3) is 0 Å². The van der Waals surface area contributed by atoms with E-state index in [1.807, 2.05) is 0 Å². The molecule has 122 valence electrons. The summed E-state index contributed by atoms with van der Waals surface area (Å²) in [5, 5.41) is 0. The van der Waals surface area contributed by atoms with E-state index < -0.39 is 16.2 Å². The van der Waals surface area contributed by atoms with E-state index in [0.717, 1.165) is 39.3 Å². The highest BCUT2D eigenvalue weighted by Crippen LogP contribution is 2.03. The van der Waals surface area contributed by atoms with Gasteiger partial charge in [-0.05, 0) is 39.3 Å². The Morgan fingerprint density at radius 1 is 0.400 bits per heavy atom. The zero-order valence-electron chi connectivity index (χ0n) is 14.2. The summed E-state index contributed by atoms with van der Waals surface area (Å²) in [5.74, 6) is 0. The van der Waals surface area contributed by atoms with Gasteiger partial charge >= 0.3 is 16.2 Å². The molecule has 0 spiro atoms. The van der Waals surface area contributed by atoms with Crippen LogP contribution in [0.15, 0.2) is 0 Å². The molecule has 0 aliphatic carbocycles. The lowest BCUT2D eigenvalue weighted by molar-refractivity contribution is 0.738. The van der Waals surface area contributed by atoms with Crippen LogP contribution in [0.5, 0.6) is 0 Å².